The van der Waals surface area contributed by atoms with Gasteiger partial charge in [0.2, 0.25) is 5.91 Å². The lowest BCUT2D eigenvalue weighted by Crippen LogP contribution is -2.27. The van der Waals surface area contributed by atoms with Gasteiger partial charge < -0.3 is 15.5 Å². The Balaban J connectivity index is 2.20. The molecule has 0 aliphatic heterocycles. The number of hydrogen-bond donors (Lipinski definition) is 3. The summed E-state index contributed by atoms with van der Waals surface area (Å²) in [6.07, 6.45) is -0.335. The number of carbonyl (C=O) groups excluding carboxylic acids is 1. The predicted molar refractivity (Wildman–Crippen MR) is 94.4 cm³/mol. The van der Waals surface area contributed by atoms with Crippen LogP contribution in [0, 0.1) is 0 Å². The van der Waals surface area contributed by atoms with Gasteiger partial charge in [0.05, 0.1) is 18.2 Å². The third-order valence-electron chi connectivity index (χ3n) is 4.10. The quantitative estimate of drug-likeness (QED) is 0.763. The monoisotopic (exact) mass is 327 g/mol. The molecule has 2 aromatic rings. The molecule has 0 spiro atoms. The fraction of sp³-hybridized carbons (Fsp3) is 0.350. The van der Waals surface area contributed by atoms with Crippen molar-refractivity contribution in [2.75, 3.05) is 0 Å². The lowest BCUT2D eigenvalue weighted by Gasteiger charge is -2.19. The third kappa shape index (κ3) is 4.91. The molecule has 0 bridgehead atoms. The highest BCUT2D eigenvalue weighted by molar-refractivity contribution is 5.73. The molecule has 24 heavy (non-hydrogen) atoms. The van der Waals surface area contributed by atoms with Crippen LogP contribution in [0.5, 0.6) is 0 Å². The number of amides is 1. The number of carbonyl (C=O) groups is 1. The minimum absolute atomic E-state index is 0.0831. The van der Waals surface area contributed by atoms with Crippen molar-refractivity contribution in [1.82, 2.24) is 5.32 Å². The second kappa shape index (κ2) is 8.08. The van der Waals surface area contributed by atoms with Crippen LogP contribution in [0.3, 0.4) is 0 Å². The number of benzene rings is 2. The van der Waals surface area contributed by atoms with E-state index in [4.69, 9.17) is 0 Å². The zero-order valence-electron chi connectivity index (χ0n) is 14.4. The molecule has 128 valence electrons. The smallest absolute Gasteiger partial charge is 0.217 e. The van der Waals surface area contributed by atoms with Crippen LogP contribution in [-0.4, -0.2) is 16.1 Å². The minimum atomic E-state index is -0.508. The fourth-order valence-corrected chi connectivity index (χ4v) is 2.67. The van der Waals surface area contributed by atoms with E-state index in [1.165, 1.54) is 6.92 Å². The summed E-state index contributed by atoms with van der Waals surface area (Å²) >= 11 is 0. The van der Waals surface area contributed by atoms with Crippen LogP contribution in [0.25, 0.3) is 0 Å². The van der Waals surface area contributed by atoms with Gasteiger partial charge in [0.25, 0.3) is 0 Å². The fourth-order valence-electron chi connectivity index (χ4n) is 2.67. The highest BCUT2D eigenvalue weighted by atomic mass is 16.3. The van der Waals surface area contributed by atoms with E-state index in [-0.39, 0.29) is 11.9 Å². The van der Waals surface area contributed by atoms with Crippen molar-refractivity contribution in [2.45, 2.75) is 45.4 Å². The lowest BCUT2D eigenvalue weighted by molar-refractivity contribution is -0.119. The second-order valence-corrected chi connectivity index (χ2v) is 6.22. The third-order valence-corrected chi connectivity index (χ3v) is 4.10. The van der Waals surface area contributed by atoms with Crippen molar-refractivity contribution in [2.24, 2.45) is 0 Å². The topological polar surface area (TPSA) is 69.6 Å². The van der Waals surface area contributed by atoms with E-state index in [1.54, 1.807) is 13.8 Å². The molecule has 0 fully saturated rings. The van der Waals surface area contributed by atoms with Gasteiger partial charge in [-0.25, -0.2) is 0 Å². The van der Waals surface area contributed by atoms with E-state index in [1.807, 2.05) is 48.5 Å². The Morgan fingerprint density at radius 2 is 1.29 bits per heavy atom. The van der Waals surface area contributed by atoms with Crippen molar-refractivity contribution in [3.63, 3.8) is 0 Å². The molecule has 1 amide bonds. The van der Waals surface area contributed by atoms with Crippen LogP contribution in [0.4, 0.5) is 0 Å². The van der Waals surface area contributed by atoms with Gasteiger partial charge in [-0.2, -0.15) is 0 Å². The van der Waals surface area contributed by atoms with Gasteiger partial charge in [0, 0.05) is 6.92 Å². The molecule has 0 heterocycles. The summed E-state index contributed by atoms with van der Waals surface area (Å²) in [6.45, 7) is 4.97. The van der Waals surface area contributed by atoms with Crippen LogP contribution < -0.4 is 5.32 Å². The van der Waals surface area contributed by atoms with Crippen LogP contribution in [-0.2, 0) is 11.2 Å². The number of rotatable bonds is 6. The maximum Gasteiger partial charge on any atom is 0.217 e. The van der Waals surface area contributed by atoms with E-state index >= 15 is 0 Å². The predicted octanol–water partition coefficient (Wildman–Crippen LogP) is 3.21. The number of nitrogens with one attached hydrogen (secondary N) is 1. The normalized spacial score (nSPS) is 14.7. The number of aliphatic hydroxyl groups is 2. The Kier molecular flexibility index (Phi) is 6.12. The highest BCUT2D eigenvalue weighted by Crippen LogP contribution is 2.22. The summed E-state index contributed by atoms with van der Waals surface area (Å²) in [5.41, 5.74) is 3.80. The van der Waals surface area contributed by atoms with Gasteiger partial charge in [-0.3, -0.25) is 4.79 Å². The molecule has 2 aromatic carbocycles. The highest BCUT2D eigenvalue weighted by Gasteiger charge is 2.14. The molecule has 0 saturated heterocycles. The first-order valence-electron chi connectivity index (χ1n) is 8.18. The van der Waals surface area contributed by atoms with E-state index in [2.05, 4.69) is 5.32 Å². The van der Waals surface area contributed by atoms with Crippen molar-refractivity contribution in [1.29, 1.82) is 0 Å². The summed E-state index contributed by atoms with van der Waals surface area (Å²) in [4.78, 5) is 11.6. The van der Waals surface area contributed by atoms with E-state index < -0.39 is 12.2 Å². The minimum Gasteiger partial charge on any atom is -0.389 e. The van der Waals surface area contributed by atoms with Crippen LogP contribution >= 0.6 is 0 Å². The number of aliphatic hydroxyl groups excluding tert-OH is 2. The van der Waals surface area contributed by atoms with Gasteiger partial charge in [-0.05, 0) is 42.5 Å². The van der Waals surface area contributed by atoms with Gasteiger partial charge in [-0.1, -0.05) is 48.5 Å². The molecule has 0 aliphatic rings. The Morgan fingerprint density at radius 1 is 0.875 bits per heavy atom. The maximum atomic E-state index is 11.6. The molecule has 4 heteroatoms. The molecule has 0 aliphatic carbocycles. The Bertz CT molecular complexity index is 660. The average molecular weight is 327 g/mol. The van der Waals surface area contributed by atoms with Crippen LogP contribution in [0.15, 0.2) is 48.5 Å². The molecule has 2 rings (SSSR count). The second-order valence-electron chi connectivity index (χ2n) is 6.22. The number of hydrogen-bond acceptors (Lipinski definition) is 3. The molecular weight excluding hydrogens is 302 g/mol. The molecule has 3 unspecified atom stereocenters. The summed E-state index contributed by atoms with van der Waals surface area (Å²) < 4.78 is 0. The Morgan fingerprint density at radius 3 is 1.71 bits per heavy atom. The molecule has 0 saturated carbocycles. The van der Waals surface area contributed by atoms with Crippen molar-refractivity contribution in [3.05, 3.63) is 70.8 Å². The first-order valence-corrected chi connectivity index (χ1v) is 8.18. The van der Waals surface area contributed by atoms with Crippen molar-refractivity contribution < 1.29 is 15.0 Å². The standard InChI is InChI=1S/C20H25NO3/c1-13(22)17-6-4-16(5-7-17)12-20(21-15(3)24)19-10-8-18(9-11-19)14(2)23/h4-11,13-14,20,22-23H,12H2,1-3H3,(H,21,24). The van der Waals surface area contributed by atoms with E-state index in [0.29, 0.717) is 6.42 Å². The zero-order chi connectivity index (χ0) is 17.7. The summed E-state index contributed by atoms with van der Waals surface area (Å²) in [5, 5.41) is 22.2. The van der Waals surface area contributed by atoms with E-state index in [9.17, 15) is 15.0 Å². The lowest BCUT2D eigenvalue weighted by atomic mass is 9.96. The zero-order valence-corrected chi connectivity index (χ0v) is 14.4. The van der Waals surface area contributed by atoms with Crippen LogP contribution in [0.2, 0.25) is 0 Å². The van der Waals surface area contributed by atoms with Gasteiger partial charge in [0.1, 0.15) is 0 Å². The summed E-state index contributed by atoms with van der Waals surface area (Å²) in [6, 6.07) is 15.3. The maximum absolute atomic E-state index is 11.6. The largest absolute Gasteiger partial charge is 0.389 e. The molecule has 0 aromatic heterocycles. The Hall–Kier alpha value is -2.17. The molecule has 4 nitrogen and oxygen atoms in total. The van der Waals surface area contributed by atoms with Crippen molar-refractivity contribution >= 4 is 5.91 Å². The SMILES string of the molecule is CC(=O)NC(Cc1ccc(C(C)O)cc1)c1ccc(C(C)O)cc1. The Labute approximate surface area is 143 Å². The first kappa shape index (κ1) is 18.2. The average Bonchev–Trinajstić information content (AvgIpc) is 2.54. The van der Waals surface area contributed by atoms with Gasteiger partial charge in [0.15, 0.2) is 0 Å². The van der Waals surface area contributed by atoms with Crippen molar-refractivity contribution in [3.8, 4) is 0 Å². The van der Waals surface area contributed by atoms with Crippen LogP contribution in [0.1, 0.15) is 61.3 Å². The molecule has 0 radical (unpaired) electrons. The molecular formula is C20H25NO3. The van der Waals surface area contributed by atoms with Gasteiger partial charge in [-0.15, -0.1) is 0 Å². The van der Waals surface area contributed by atoms with Gasteiger partial charge >= 0.3 is 0 Å². The molecule has 3 atom stereocenters. The summed E-state index contributed by atoms with van der Waals surface area (Å²) in [5.74, 6) is -0.0831. The molecule has 3 N–H and O–H groups in total. The summed E-state index contributed by atoms with van der Waals surface area (Å²) in [7, 11) is 0. The van der Waals surface area contributed by atoms with E-state index in [0.717, 1.165) is 22.3 Å². The first-order chi connectivity index (χ1) is 11.4.